The number of amides is 2. The Labute approximate surface area is 143 Å². The monoisotopic (exact) mass is 349 g/mol. The molecule has 5 nitrogen and oxygen atoms in total. The van der Waals surface area contributed by atoms with E-state index in [0.29, 0.717) is 33.6 Å². The van der Waals surface area contributed by atoms with Crippen molar-refractivity contribution in [2.75, 3.05) is 6.54 Å². The van der Waals surface area contributed by atoms with E-state index in [1.165, 1.54) is 11.3 Å². The molecule has 2 N–H and O–H groups in total. The third-order valence-electron chi connectivity index (χ3n) is 3.94. The molecule has 0 aliphatic carbocycles. The van der Waals surface area contributed by atoms with Gasteiger partial charge in [-0.25, -0.2) is 4.98 Å². The topological polar surface area (TPSA) is 76.3 Å². The second-order valence-corrected chi connectivity index (χ2v) is 6.88. The molecule has 1 aliphatic rings. The van der Waals surface area contributed by atoms with Gasteiger partial charge in [0, 0.05) is 12.1 Å². The van der Waals surface area contributed by atoms with E-state index in [1.54, 1.807) is 17.9 Å². The van der Waals surface area contributed by atoms with Gasteiger partial charge in [-0.05, 0) is 25.8 Å². The molecule has 1 fully saturated rings. The maximum atomic E-state index is 12.8. The van der Waals surface area contributed by atoms with E-state index in [4.69, 9.17) is 17.3 Å². The molecule has 1 aromatic heterocycles. The number of thiazole rings is 1. The second-order valence-electron chi connectivity index (χ2n) is 5.47. The average molecular weight is 350 g/mol. The molecule has 120 valence electrons. The molecular formula is C16H16ClN3O2S. The van der Waals surface area contributed by atoms with Crippen LogP contribution in [0.25, 0.3) is 10.6 Å². The van der Waals surface area contributed by atoms with E-state index in [2.05, 4.69) is 4.98 Å². The molecule has 2 amide bonds. The van der Waals surface area contributed by atoms with Crippen molar-refractivity contribution in [1.29, 1.82) is 0 Å². The number of nitrogens with zero attached hydrogens (tertiary/aromatic N) is 2. The van der Waals surface area contributed by atoms with Gasteiger partial charge in [-0.1, -0.05) is 29.8 Å². The van der Waals surface area contributed by atoms with E-state index >= 15 is 0 Å². The molecule has 3 rings (SSSR count). The highest BCUT2D eigenvalue weighted by molar-refractivity contribution is 7.17. The summed E-state index contributed by atoms with van der Waals surface area (Å²) in [5, 5.41) is 1.29. The largest absolute Gasteiger partial charge is 0.368 e. The van der Waals surface area contributed by atoms with Crippen LogP contribution >= 0.6 is 22.9 Å². The Bertz CT molecular complexity index is 774. The number of hydrogen-bond donors (Lipinski definition) is 1. The second kappa shape index (κ2) is 6.29. The van der Waals surface area contributed by atoms with Crippen molar-refractivity contribution >= 4 is 34.8 Å². The Balaban J connectivity index is 1.94. The van der Waals surface area contributed by atoms with Crippen LogP contribution in [-0.4, -0.2) is 34.3 Å². The van der Waals surface area contributed by atoms with Gasteiger partial charge in [0.1, 0.15) is 15.9 Å². The molecule has 0 saturated carbocycles. The highest BCUT2D eigenvalue weighted by Gasteiger charge is 2.34. The maximum Gasteiger partial charge on any atom is 0.266 e. The first-order chi connectivity index (χ1) is 11.0. The van der Waals surface area contributed by atoms with Crippen molar-refractivity contribution < 1.29 is 9.59 Å². The molecule has 1 saturated heterocycles. The molecule has 1 aliphatic heterocycles. The predicted molar refractivity (Wildman–Crippen MR) is 90.5 cm³/mol. The zero-order chi connectivity index (χ0) is 16.6. The summed E-state index contributed by atoms with van der Waals surface area (Å²) < 4.78 is 0. The van der Waals surface area contributed by atoms with Crippen LogP contribution < -0.4 is 5.73 Å². The molecule has 23 heavy (non-hydrogen) atoms. The normalized spacial score (nSPS) is 17.5. The number of halogens is 1. The van der Waals surface area contributed by atoms with Crippen molar-refractivity contribution in [2.24, 2.45) is 5.73 Å². The SMILES string of the molecule is Cc1nc(-c2ccccc2Cl)sc1C(=O)N1CCC[C@@H]1C(N)=O. The quantitative estimate of drug-likeness (QED) is 0.925. The number of primary amides is 1. The van der Waals surface area contributed by atoms with E-state index in [0.717, 1.165) is 12.0 Å². The van der Waals surface area contributed by atoms with Gasteiger partial charge in [-0.2, -0.15) is 0 Å². The highest BCUT2D eigenvalue weighted by atomic mass is 35.5. The highest BCUT2D eigenvalue weighted by Crippen LogP contribution is 2.34. The molecule has 1 aromatic carbocycles. The lowest BCUT2D eigenvalue weighted by Gasteiger charge is -2.21. The van der Waals surface area contributed by atoms with Crippen LogP contribution in [0.2, 0.25) is 5.02 Å². The number of rotatable bonds is 3. The summed E-state index contributed by atoms with van der Waals surface area (Å²) in [5.41, 5.74) is 6.84. The Morgan fingerprint density at radius 1 is 1.39 bits per heavy atom. The van der Waals surface area contributed by atoms with Gasteiger partial charge in [0.25, 0.3) is 5.91 Å². The van der Waals surface area contributed by atoms with Crippen molar-refractivity contribution in [3.05, 3.63) is 39.9 Å². The minimum atomic E-state index is -0.521. The number of carbonyl (C=O) groups is 2. The number of aromatic nitrogens is 1. The van der Waals surface area contributed by atoms with Crippen LogP contribution in [0.5, 0.6) is 0 Å². The standard InChI is InChI=1S/C16H16ClN3O2S/c1-9-13(16(22)20-8-4-7-12(20)14(18)21)23-15(19-9)10-5-2-3-6-11(10)17/h2-3,5-6,12H,4,7-8H2,1H3,(H2,18,21)/t12-/m1/s1. The van der Waals surface area contributed by atoms with Gasteiger partial charge >= 0.3 is 0 Å². The average Bonchev–Trinajstić information content (AvgIpc) is 3.14. The third kappa shape index (κ3) is 2.96. The van der Waals surface area contributed by atoms with Gasteiger partial charge < -0.3 is 10.6 Å². The van der Waals surface area contributed by atoms with Crippen molar-refractivity contribution in [2.45, 2.75) is 25.8 Å². The molecule has 0 unspecified atom stereocenters. The zero-order valence-electron chi connectivity index (χ0n) is 12.6. The first-order valence-electron chi connectivity index (χ1n) is 7.31. The summed E-state index contributed by atoms with van der Waals surface area (Å²) in [7, 11) is 0. The van der Waals surface area contributed by atoms with Crippen molar-refractivity contribution in [3.63, 3.8) is 0 Å². The van der Waals surface area contributed by atoms with Crippen LogP contribution in [0, 0.1) is 6.92 Å². The number of hydrogen-bond acceptors (Lipinski definition) is 4. The maximum absolute atomic E-state index is 12.8. The smallest absolute Gasteiger partial charge is 0.266 e. The van der Waals surface area contributed by atoms with Gasteiger partial charge in [0.2, 0.25) is 5.91 Å². The first-order valence-corrected chi connectivity index (χ1v) is 8.51. The Hall–Kier alpha value is -1.92. The lowest BCUT2D eigenvalue weighted by molar-refractivity contribution is -0.121. The molecule has 7 heteroatoms. The van der Waals surface area contributed by atoms with Crippen molar-refractivity contribution in [1.82, 2.24) is 9.88 Å². The Morgan fingerprint density at radius 3 is 2.83 bits per heavy atom. The molecule has 0 spiro atoms. The summed E-state index contributed by atoms with van der Waals surface area (Å²) in [6, 6.07) is 6.87. The third-order valence-corrected chi connectivity index (χ3v) is 5.45. The van der Waals surface area contributed by atoms with E-state index < -0.39 is 11.9 Å². The van der Waals surface area contributed by atoms with Gasteiger partial charge in [-0.3, -0.25) is 9.59 Å². The first kappa shape index (κ1) is 16.0. The number of nitrogens with two attached hydrogens (primary N) is 1. The van der Waals surface area contributed by atoms with Crippen LogP contribution in [0.4, 0.5) is 0 Å². The van der Waals surface area contributed by atoms with Crippen LogP contribution in [0.1, 0.15) is 28.2 Å². The summed E-state index contributed by atoms with van der Waals surface area (Å²) in [4.78, 5) is 30.8. The minimum Gasteiger partial charge on any atom is -0.368 e. The lowest BCUT2D eigenvalue weighted by atomic mass is 10.2. The van der Waals surface area contributed by atoms with E-state index in [9.17, 15) is 9.59 Å². The molecule has 0 radical (unpaired) electrons. The number of likely N-dealkylation sites (tertiary alicyclic amines) is 1. The van der Waals surface area contributed by atoms with Crippen LogP contribution in [0.15, 0.2) is 24.3 Å². The van der Waals surface area contributed by atoms with E-state index in [1.807, 2.05) is 18.2 Å². The summed E-state index contributed by atoms with van der Waals surface area (Å²) in [6.07, 6.45) is 1.41. The number of carbonyl (C=O) groups excluding carboxylic acids is 2. The minimum absolute atomic E-state index is 0.181. The van der Waals surface area contributed by atoms with E-state index in [-0.39, 0.29) is 5.91 Å². The van der Waals surface area contributed by atoms with Crippen molar-refractivity contribution in [3.8, 4) is 10.6 Å². The van der Waals surface area contributed by atoms with Gasteiger partial charge in [0.15, 0.2) is 0 Å². The summed E-state index contributed by atoms with van der Waals surface area (Å²) >= 11 is 7.50. The molecule has 1 atom stereocenters. The molecule has 2 heterocycles. The number of benzene rings is 1. The Kier molecular flexibility index (Phi) is 4.37. The fourth-order valence-corrected chi connectivity index (χ4v) is 4.12. The number of aryl methyl sites for hydroxylation is 1. The Morgan fingerprint density at radius 2 is 2.13 bits per heavy atom. The van der Waals surface area contributed by atoms with Gasteiger partial charge in [-0.15, -0.1) is 11.3 Å². The lowest BCUT2D eigenvalue weighted by Crippen LogP contribution is -2.43. The fourth-order valence-electron chi connectivity index (χ4n) is 2.78. The molecule has 0 bridgehead atoms. The van der Waals surface area contributed by atoms with Crippen LogP contribution in [-0.2, 0) is 4.79 Å². The fraction of sp³-hybridized carbons (Fsp3) is 0.312. The molecular weight excluding hydrogens is 334 g/mol. The zero-order valence-corrected chi connectivity index (χ0v) is 14.2. The summed E-state index contributed by atoms with van der Waals surface area (Å²) in [6.45, 7) is 2.34. The molecule has 2 aromatic rings. The summed E-state index contributed by atoms with van der Waals surface area (Å²) in [5.74, 6) is -0.635. The van der Waals surface area contributed by atoms with Gasteiger partial charge in [0.05, 0.1) is 10.7 Å². The van der Waals surface area contributed by atoms with Crippen LogP contribution in [0.3, 0.4) is 0 Å². The predicted octanol–water partition coefficient (Wildman–Crippen LogP) is 2.86.